The Morgan fingerprint density at radius 2 is 2.10 bits per heavy atom. The summed E-state index contributed by atoms with van der Waals surface area (Å²) >= 11 is 1.35. The first kappa shape index (κ1) is 16.2. The molecule has 1 aromatic rings. The van der Waals surface area contributed by atoms with E-state index in [1.165, 1.54) is 25.8 Å². The molecule has 6 nitrogen and oxygen atoms in total. The highest BCUT2D eigenvalue weighted by Crippen LogP contribution is 2.29. The van der Waals surface area contributed by atoms with Crippen molar-refractivity contribution in [1.29, 1.82) is 0 Å². The number of benzene rings is 1. The molecule has 1 rings (SSSR count). The molecule has 7 heteroatoms. The SMILES string of the molecule is COC(=O)C(CSc1cc(OC)ccc1N)NC(C)=O. The van der Waals surface area contributed by atoms with Crippen LogP contribution in [0.5, 0.6) is 5.75 Å². The minimum absolute atomic E-state index is 0.292. The maximum Gasteiger partial charge on any atom is 0.329 e. The van der Waals surface area contributed by atoms with E-state index in [9.17, 15) is 9.59 Å². The molecule has 1 atom stereocenters. The van der Waals surface area contributed by atoms with Crippen LogP contribution in [-0.4, -0.2) is 37.9 Å². The number of amides is 1. The van der Waals surface area contributed by atoms with Gasteiger partial charge in [0.15, 0.2) is 0 Å². The largest absolute Gasteiger partial charge is 0.497 e. The van der Waals surface area contributed by atoms with Gasteiger partial charge < -0.3 is 20.5 Å². The van der Waals surface area contributed by atoms with E-state index < -0.39 is 12.0 Å². The number of esters is 1. The third-order valence-corrected chi connectivity index (χ3v) is 3.65. The number of hydrogen-bond donors (Lipinski definition) is 2. The van der Waals surface area contributed by atoms with Gasteiger partial charge in [-0.15, -0.1) is 11.8 Å². The first-order valence-electron chi connectivity index (χ1n) is 5.89. The molecule has 0 fully saturated rings. The molecule has 1 unspecified atom stereocenters. The zero-order valence-electron chi connectivity index (χ0n) is 11.6. The predicted octanol–water partition coefficient (Wildman–Crippen LogP) is 1.05. The van der Waals surface area contributed by atoms with Gasteiger partial charge in [-0.05, 0) is 18.2 Å². The molecule has 0 heterocycles. The quantitative estimate of drug-likeness (QED) is 0.463. The lowest BCUT2D eigenvalue weighted by Gasteiger charge is -2.15. The van der Waals surface area contributed by atoms with E-state index in [0.717, 1.165) is 4.90 Å². The highest BCUT2D eigenvalue weighted by Gasteiger charge is 2.20. The smallest absolute Gasteiger partial charge is 0.329 e. The van der Waals surface area contributed by atoms with E-state index in [4.69, 9.17) is 10.5 Å². The maximum atomic E-state index is 11.6. The van der Waals surface area contributed by atoms with E-state index in [1.807, 2.05) is 0 Å². The van der Waals surface area contributed by atoms with E-state index in [-0.39, 0.29) is 5.91 Å². The number of thioether (sulfide) groups is 1. The Labute approximate surface area is 122 Å². The molecule has 0 aromatic heterocycles. The third-order valence-electron chi connectivity index (χ3n) is 2.49. The second-order valence-electron chi connectivity index (χ2n) is 3.99. The van der Waals surface area contributed by atoms with E-state index >= 15 is 0 Å². The van der Waals surface area contributed by atoms with Crippen molar-refractivity contribution >= 4 is 29.3 Å². The van der Waals surface area contributed by atoms with Gasteiger partial charge in [0.25, 0.3) is 0 Å². The molecule has 110 valence electrons. The highest BCUT2D eigenvalue weighted by atomic mass is 32.2. The van der Waals surface area contributed by atoms with Gasteiger partial charge in [-0.1, -0.05) is 0 Å². The van der Waals surface area contributed by atoms with Crippen LogP contribution in [0.2, 0.25) is 0 Å². The van der Waals surface area contributed by atoms with Crippen molar-refractivity contribution in [3.8, 4) is 5.75 Å². The van der Waals surface area contributed by atoms with Crippen LogP contribution < -0.4 is 15.8 Å². The van der Waals surface area contributed by atoms with Crippen LogP contribution in [0.15, 0.2) is 23.1 Å². The van der Waals surface area contributed by atoms with Crippen molar-refractivity contribution in [2.24, 2.45) is 0 Å². The number of methoxy groups -OCH3 is 2. The molecule has 0 saturated carbocycles. The molecule has 0 aliphatic carbocycles. The summed E-state index contributed by atoms with van der Waals surface area (Å²) < 4.78 is 9.77. The van der Waals surface area contributed by atoms with Crippen LogP contribution in [0.3, 0.4) is 0 Å². The second kappa shape index (κ2) is 7.64. The number of hydrogen-bond acceptors (Lipinski definition) is 6. The number of carbonyl (C=O) groups is 2. The second-order valence-corrected chi connectivity index (χ2v) is 5.05. The highest BCUT2D eigenvalue weighted by molar-refractivity contribution is 7.99. The monoisotopic (exact) mass is 298 g/mol. The number of nitrogen functional groups attached to an aromatic ring is 1. The van der Waals surface area contributed by atoms with Crippen molar-refractivity contribution in [2.45, 2.75) is 17.9 Å². The number of carbonyl (C=O) groups excluding carboxylic acids is 2. The summed E-state index contributed by atoms with van der Waals surface area (Å²) in [6, 6.07) is 4.55. The lowest BCUT2D eigenvalue weighted by Crippen LogP contribution is -2.42. The summed E-state index contributed by atoms with van der Waals surface area (Å²) in [6.07, 6.45) is 0. The van der Waals surface area contributed by atoms with Gasteiger partial charge in [-0.25, -0.2) is 4.79 Å². The predicted molar refractivity (Wildman–Crippen MR) is 77.8 cm³/mol. The third kappa shape index (κ3) is 4.65. The Hall–Kier alpha value is -1.89. The fourth-order valence-corrected chi connectivity index (χ4v) is 2.50. The molecule has 0 saturated heterocycles. The van der Waals surface area contributed by atoms with Crippen molar-refractivity contribution in [2.75, 3.05) is 25.7 Å². The first-order chi connectivity index (χ1) is 9.47. The zero-order chi connectivity index (χ0) is 15.1. The van der Waals surface area contributed by atoms with Crippen LogP contribution in [0.25, 0.3) is 0 Å². The average Bonchev–Trinajstić information content (AvgIpc) is 2.43. The van der Waals surface area contributed by atoms with Gasteiger partial charge in [0.1, 0.15) is 11.8 Å². The minimum Gasteiger partial charge on any atom is -0.497 e. The summed E-state index contributed by atoms with van der Waals surface area (Å²) in [5.41, 5.74) is 6.45. The van der Waals surface area contributed by atoms with Crippen molar-refractivity contribution in [3.05, 3.63) is 18.2 Å². The Kier molecular flexibility index (Phi) is 6.17. The van der Waals surface area contributed by atoms with Gasteiger partial charge in [0, 0.05) is 23.3 Å². The van der Waals surface area contributed by atoms with Crippen LogP contribution in [0, 0.1) is 0 Å². The first-order valence-corrected chi connectivity index (χ1v) is 6.87. The van der Waals surface area contributed by atoms with Crippen LogP contribution in [0.1, 0.15) is 6.92 Å². The van der Waals surface area contributed by atoms with E-state index in [0.29, 0.717) is 17.2 Å². The summed E-state index contributed by atoms with van der Waals surface area (Å²) in [5, 5.41) is 2.54. The Balaban J connectivity index is 2.76. The average molecular weight is 298 g/mol. The van der Waals surface area contributed by atoms with E-state index in [2.05, 4.69) is 10.1 Å². The van der Waals surface area contributed by atoms with Crippen molar-refractivity contribution in [3.63, 3.8) is 0 Å². The van der Waals surface area contributed by atoms with Gasteiger partial charge in [0.05, 0.1) is 14.2 Å². The number of ether oxygens (including phenoxy) is 2. The van der Waals surface area contributed by atoms with Crippen LogP contribution in [-0.2, 0) is 14.3 Å². The van der Waals surface area contributed by atoms with Gasteiger partial charge >= 0.3 is 5.97 Å². The summed E-state index contributed by atoms with van der Waals surface area (Å²) in [7, 11) is 2.84. The van der Waals surface area contributed by atoms with Gasteiger partial charge in [0.2, 0.25) is 5.91 Å². The molecule has 1 aromatic carbocycles. The Bertz CT molecular complexity index is 493. The van der Waals surface area contributed by atoms with Crippen molar-refractivity contribution < 1.29 is 19.1 Å². The molecular formula is C13H18N2O4S. The normalized spacial score (nSPS) is 11.6. The molecular weight excluding hydrogens is 280 g/mol. The summed E-state index contributed by atoms with van der Waals surface area (Å²) in [5.74, 6) is 0.216. The minimum atomic E-state index is -0.715. The molecule has 0 aliphatic rings. The molecule has 3 N–H and O–H groups in total. The molecule has 0 bridgehead atoms. The summed E-state index contributed by atoms with van der Waals surface area (Å²) in [4.78, 5) is 23.4. The van der Waals surface area contributed by atoms with E-state index in [1.54, 1.807) is 25.3 Å². The van der Waals surface area contributed by atoms with Crippen LogP contribution >= 0.6 is 11.8 Å². The Morgan fingerprint density at radius 1 is 1.40 bits per heavy atom. The van der Waals surface area contributed by atoms with Gasteiger partial charge in [-0.2, -0.15) is 0 Å². The Morgan fingerprint density at radius 3 is 2.65 bits per heavy atom. The lowest BCUT2D eigenvalue weighted by atomic mass is 10.3. The summed E-state index contributed by atoms with van der Waals surface area (Å²) in [6.45, 7) is 1.35. The molecule has 0 spiro atoms. The number of rotatable bonds is 6. The number of anilines is 1. The maximum absolute atomic E-state index is 11.6. The fourth-order valence-electron chi connectivity index (χ4n) is 1.50. The lowest BCUT2D eigenvalue weighted by molar-refractivity contribution is -0.144. The molecule has 0 radical (unpaired) electrons. The number of nitrogens with two attached hydrogens (primary N) is 1. The van der Waals surface area contributed by atoms with Gasteiger partial charge in [-0.3, -0.25) is 4.79 Å². The standard InChI is InChI=1S/C13H18N2O4S/c1-8(16)15-11(13(17)19-3)7-20-12-6-9(18-2)4-5-10(12)14/h4-6,11H,7,14H2,1-3H3,(H,15,16). The molecule has 20 heavy (non-hydrogen) atoms. The van der Waals surface area contributed by atoms with Crippen molar-refractivity contribution in [1.82, 2.24) is 5.32 Å². The zero-order valence-corrected chi connectivity index (χ0v) is 12.5. The number of nitrogens with one attached hydrogen (secondary N) is 1. The van der Waals surface area contributed by atoms with Crippen LogP contribution in [0.4, 0.5) is 5.69 Å². The topological polar surface area (TPSA) is 90.7 Å². The molecule has 1 amide bonds. The fraction of sp³-hybridized carbons (Fsp3) is 0.385. The molecule has 0 aliphatic heterocycles.